The molecule has 1 radical (unpaired) electrons. The first-order chi connectivity index (χ1) is 3.81. The van der Waals surface area contributed by atoms with E-state index in [1.54, 1.807) is 7.11 Å². The van der Waals surface area contributed by atoms with E-state index in [1.807, 2.05) is 6.92 Å². The molecule has 0 rings (SSSR count). The largest absolute Gasteiger partial charge is 0.356 e. The van der Waals surface area contributed by atoms with Crippen LogP contribution in [0.4, 0.5) is 0 Å². The summed E-state index contributed by atoms with van der Waals surface area (Å²) in [4.78, 5) is 0. The lowest BCUT2D eigenvalue weighted by Crippen LogP contribution is -2.10. The minimum atomic E-state index is -0.0863. The molecule has 0 fully saturated rings. The first-order valence-electron chi connectivity index (χ1n) is 2.75. The average molecular weight is 117 g/mol. The SMILES string of the molecule is [CH2]CCOC(C)OC. The molecule has 0 aromatic heterocycles. The Bertz CT molecular complexity index is 45.8. The number of methoxy groups -OCH3 is 1. The van der Waals surface area contributed by atoms with Crippen molar-refractivity contribution >= 4 is 0 Å². The third-order valence-corrected chi connectivity index (χ3v) is 0.829. The fraction of sp³-hybridized carbons (Fsp3) is 0.833. The lowest BCUT2D eigenvalue weighted by Gasteiger charge is -2.08. The van der Waals surface area contributed by atoms with Gasteiger partial charge in [0, 0.05) is 13.7 Å². The van der Waals surface area contributed by atoms with Crippen molar-refractivity contribution in [3.63, 3.8) is 0 Å². The van der Waals surface area contributed by atoms with Crippen LogP contribution in [0.5, 0.6) is 0 Å². The van der Waals surface area contributed by atoms with E-state index >= 15 is 0 Å². The van der Waals surface area contributed by atoms with Gasteiger partial charge in [0.1, 0.15) is 0 Å². The highest BCUT2D eigenvalue weighted by molar-refractivity contribution is 4.36. The lowest BCUT2D eigenvalue weighted by molar-refractivity contribution is -0.109. The quantitative estimate of drug-likeness (QED) is 0.515. The van der Waals surface area contributed by atoms with Crippen LogP contribution in [0.3, 0.4) is 0 Å². The summed E-state index contributed by atoms with van der Waals surface area (Å²) in [5.74, 6) is 0. The fourth-order valence-corrected chi connectivity index (χ4v) is 0.317. The van der Waals surface area contributed by atoms with Crippen molar-refractivity contribution in [2.24, 2.45) is 0 Å². The minimum Gasteiger partial charge on any atom is -0.356 e. The molecule has 0 aliphatic heterocycles. The fourth-order valence-electron chi connectivity index (χ4n) is 0.317. The normalized spacial score (nSPS) is 13.9. The third-order valence-electron chi connectivity index (χ3n) is 0.829. The Hall–Kier alpha value is -0.0800. The molecule has 0 saturated heterocycles. The summed E-state index contributed by atoms with van der Waals surface area (Å²) in [6.07, 6.45) is 0.713. The van der Waals surface area contributed by atoms with Crippen LogP contribution in [0.25, 0.3) is 0 Å². The summed E-state index contributed by atoms with van der Waals surface area (Å²) < 4.78 is 9.86. The molecular weight excluding hydrogens is 104 g/mol. The molecule has 2 nitrogen and oxygen atoms in total. The van der Waals surface area contributed by atoms with Crippen molar-refractivity contribution in [1.29, 1.82) is 0 Å². The Morgan fingerprint density at radius 1 is 1.62 bits per heavy atom. The van der Waals surface area contributed by atoms with E-state index in [0.29, 0.717) is 6.61 Å². The highest BCUT2D eigenvalue weighted by atomic mass is 16.7. The third kappa shape index (κ3) is 4.09. The zero-order chi connectivity index (χ0) is 6.41. The van der Waals surface area contributed by atoms with Gasteiger partial charge in [0.15, 0.2) is 6.29 Å². The van der Waals surface area contributed by atoms with Gasteiger partial charge in [0.25, 0.3) is 0 Å². The summed E-state index contributed by atoms with van der Waals surface area (Å²) in [6, 6.07) is 0. The van der Waals surface area contributed by atoms with Crippen LogP contribution in [0.15, 0.2) is 0 Å². The molecule has 8 heavy (non-hydrogen) atoms. The Labute approximate surface area is 50.8 Å². The van der Waals surface area contributed by atoms with Crippen LogP contribution >= 0.6 is 0 Å². The van der Waals surface area contributed by atoms with Crippen LogP contribution in [-0.2, 0) is 9.47 Å². The molecule has 2 heteroatoms. The van der Waals surface area contributed by atoms with E-state index < -0.39 is 0 Å². The summed E-state index contributed by atoms with van der Waals surface area (Å²) in [5.41, 5.74) is 0. The zero-order valence-corrected chi connectivity index (χ0v) is 5.52. The van der Waals surface area contributed by atoms with Crippen LogP contribution in [-0.4, -0.2) is 20.0 Å². The molecule has 0 aliphatic rings. The van der Waals surface area contributed by atoms with Crippen molar-refractivity contribution < 1.29 is 9.47 Å². The second-order valence-corrected chi connectivity index (χ2v) is 1.53. The molecule has 0 heterocycles. The van der Waals surface area contributed by atoms with Gasteiger partial charge in [0.05, 0.1) is 0 Å². The van der Waals surface area contributed by atoms with Gasteiger partial charge in [-0.25, -0.2) is 0 Å². The minimum absolute atomic E-state index is 0.0863. The van der Waals surface area contributed by atoms with Gasteiger partial charge in [-0.15, -0.1) is 0 Å². The molecule has 0 saturated carbocycles. The van der Waals surface area contributed by atoms with Gasteiger partial charge in [-0.2, -0.15) is 0 Å². The van der Waals surface area contributed by atoms with Crippen molar-refractivity contribution in [3.8, 4) is 0 Å². The predicted octanol–water partition coefficient (Wildman–Crippen LogP) is 1.22. The highest BCUT2D eigenvalue weighted by Gasteiger charge is 1.93. The van der Waals surface area contributed by atoms with Crippen molar-refractivity contribution in [2.45, 2.75) is 19.6 Å². The summed E-state index contributed by atoms with van der Waals surface area (Å²) in [5, 5.41) is 0. The van der Waals surface area contributed by atoms with E-state index in [9.17, 15) is 0 Å². The zero-order valence-electron chi connectivity index (χ0n) is 5.52. The van der Waals surface area contributed by atoms with Crippen molar-refractivity contribution in [1.82, 2.24) is 0 Å². The maximum atomic E-state index is 5.06. The maximum Gasteiger partial charge on any atom is 0.154 e. The monoisotopic (exact) mass is 117 g/mol. The standard InChI is InChI=1S/C6H13O2/c1-4-5-8-6(2)7-3/h6H,1,4-5H2,2-3H3. The van der Waals surface area contributed by atoms with E-state index in [0.717, 1.165) is 6.42 Å². The van der Waals surface area contributed by atoms with E-state index in [4.69, 9.17) is 9.47 Å². The van der Waals surface area contributed by atoms with Gasteiger partial charge in [-0.1, -0.05) is 6.92 Å². The Morgan fingerprint density at radius 2 is 2.25 bits per heavy atom. The van der Waals surface area contributed by atoms with Crippen molar-refractivity contribution in [2.75, 3.05) is 13.7 Å². The molecule has 0 spiro atoms. The Morgan fingerprint density at radius 3 is 2.62 bits per heavy atom. The summed E-state index contributed by atoms with van der Waals surface area (Å²) in [7, 11) is 1.62. The van der Waals surface area contributed by atoms with Gasteiger partial charge in [0.2, 0.25) is 0 Å². The highest BCUT2D eigenvalue weighted by Crippen LogP contribution is 1.90. The smallest absolute Gasteiger partial charge is 0.154 e. The van der Waals surface area contributed by atoms with E-state index in [1.165, 1.54) is 0 Å². The number of hydrogen-bond donors (Lipinski definition) is 0. The second-order valence-electron chi connectivity index (χ2n) is 1.53. The van der Waals surface area contributed by atoms with Crippen LogP contribution in [0.2, 0.25) is 0 Å². The number of ether oxygens (including phenoxy) is 2. The molecule has 1 atom stereocenters. The molecular formula is C6H13O2. The van der Waals surface area contributed by atoms with Gasteiger partial charge in [-0.05, 0) is 13.3 Å². The number of rotatable bonds is 4. The predicted molar refractivity (Wildman–Crippen MR) is 32.4 cm³/mol. The average Bonchev–Trinajstić information content (AvgIpc) is 1.83. The molecule has 0 aromatic rings. The van der Waals surface area contributed by atoms with Crippen LogP contribution in [0, 0.1) is 6.92 Å². The molecule has 49 valence electrons. The second kappa shape index (κ2) is 5.06. The van der Waals surface area contributed by atoms with Crippen LogP contribution < -0.4 is 0 Å². The van der Waals surface area contributed by atoms with Crippen molar-refractivity contribution in [3.05, 3.63) is 6.92 Å². The Kier molecular flexibility index (Phi) is 5.01. The van der Waals surface area contributed by atoms with Gasteiger partial charge in [-0.3, -0.25) is 0 Å². The number of hydrogen-bond acceptors (Lipinski definition) is 2. The first-order valence-corrected chi connectivity index (χ1v) is 2.75. The van der Waals surface area contributed by atoms with Gasteiger partial charge >= 0.3 is 0 Å². The molecule has 0 bridgehead atoms. The first kappa shape index (κ1) is 7.92. The maximum absolute atomic E-state index is 5.06. The molecule has 0 N–H and O–H groups in total. The van der Waals surface area contributed by atoms with E-state index in [-0.39, 0.29) is 6.29 Å². The molecule has 0 amide bonds. The lowest BCUT2D eigenvalue weighted by atomic mass is 10.5. The topological polar surface area (TPSA) is 18.5 Å². The molecule has 1 unspecified atom stereocenters. The molecule has 0 aromatic carbocycles. The summed E-state index contributed by atoms with van der Waals surface area (Å²) in [6.45, 7) is 6.14. The molecule has 0 aliphatic carbocycles. The summed E-state index contributed by atoms with van der Waals surface area (Å²) >= 11 is 0. The van der Waals surface area contributed by atoms with Gasteiger partial charge < -0.3 is 9.47 Å². The van der Waals surface area contributed by atoms with E-state index in [2.05, 4.69) is 6.92 Å². The van der Waals surface area contributed by atoms with Crippen LogP contribution in [0.1, 0.15) is 13.3 Å². The Balaban J connectivity index is 2.86.